The second-order valence-electron chi connectivity index (χ2n) is 6.22. The lowest BCUT2D eigenvalue weighted by Gasteiger charge is -2.16. The average Bonchev–Trinajstić information content (AvgIpc) is 2.69. The normalized spacial score (nSPS) is 11.5. The van der Waals surface area contributed by atoms with E-state index in [2.05, 4.69) is 20.1 Å². The van der Waals surface area contributed by atoms with Crippen LogP contribution in [-0.4, -0.2) is 42.7 Å². The second-order valence-corrected chi connectivity index (χ2v) is 6.63. The highest BCUT2D eigenvalue weighted by atomic mass is 32.1. The maximum atomic E-state index is 12.4. The summed E-state index contributed by atoms with van der Waals surface area (Å²) in [6, 6.07) is 6.58. The molecule has 0 aliphatic rings. The molecule has 0 spiro atoms. The number of ether oxygens (including phenoxy) is 3. The van der Waals surface area contributed by atoms with Crippen LogP contribution in [0.4, 0.5) is 43.4 Å². The first-order valence-electron chi connectivity index (χ1n) is 8.70. The van der Waals surface area contributed by atoms with E-state index in [9.17, 15) is 36.5 Å². The Morgan fingerprint density at radius 2 is 1.52 bits per heavy atom. The Hall–Kier alpha value is -3.49. The van der Waals surface area contributed by atoms with Crippen molar-refractivity contribution in [1.82, 2.24) is 0 Å². The molecule has 0 radical (unpaired) electrons. The third kappa shape index (κ3) is 8.88. The van der Waals surface area contributed by atoms with Crippen molar-refractivity contribution in [3.05, 3.63) is 46.5 Å². The monoisotopic (exact) mass is 499 g/mol. The van der Waals surface area contributed by atoms with Crippen LogP contribution < -0.4 is 24.8 Å². The number of nitrogens with zero attached hydrogens (tertiary/aromatic N) is 1. The minimum atomic E-state index is -4.68. The number of nitrogens with one attached hydrogen (secondary N) is 2. The highest BCUT2D eigenvalue weighted by molar-refractivity contribution is 7.80. The van der Waals surface area contributed by atoms with E-state index < -0.39 is 42.0 Å². The molecule has 0 atom stereocenters. The largest absolute Gasteiger partial charge is 0.494 e. The molecule has 0 aromatic heterocycles. The minimum Gasteiger partial charge on any atom is -0.494 e. The molecule has 180 valence electrons. The van der Waals surface area contributed by atoms with Crippen LogP contribution in [0.2, 0.25) is 0 Å². The molecule has 33 heavy (non-hydrogen) atoms. The van der Waals surface area contributed by atoms with Gasteiger partial charge in [-0.15, -0.1) is 0 Å². The van der Waals surface area contributed by atoms with E-state index in [-0.39, 0.29) is 27.9 Å². The lowest BCUT2D eigenvalue weighted by atomic mass is 10.2. The van der Waals surface area contributed by atoms with Crippen molar-refractivity contribution in [2.24, 2.45) is 0 Å². The van der Waals surface area contributed by atoms with E-state index in [0.717, 1.165) is 24.3 Å². The van der Waals surface area contributed by atoms with Crippen LogP contribution in [0.25, 0.3) is 0 Å². The number of nitro groups is 1. The van der Waals surface area contributed by atoms with Crippen LogP contribution >= 0.6 is 12.2 Å². The number of halogens is 6. The highest BCUT2D eigenvalue weighted by Gasteiger charge is 2.30. The molecular formula is C18H15F6N3O5S. The number of thiocarbonyl (C=S) groups is 1. The van der Waals surface area contributed by atoms with Gasteiger partial charge >= 0.3 is 12.4 Å². The molecular weight excluding hydrogens is 484 g/mol. The lowest BCUT2D eigenvalue weighted by Crippen LogP contribution is -2.21. The summed E-state index contributed by atoms with van der Waals surface area (Å²) in [4.78, 5) is 10.2. The highest BCUT2D eigenvalue weighted by Crippen LogP contribution is 2.31. The van der Waals surface area contributed by atoms with Gasteiger partial charge in [-0.25, -0.2) is 0 Å². The third-order valence-electron chi connectivity index (χ3n) is 3.59. The molecule has 2 aromatic rings. The predicted octanol–water partition coefficient (Wildman–Crippen LogP) is 5.29. The van der Waals surface area contributed by atoms with Crippen molar-refractivity contribution in [2.75, 3.05) is 31.0 Å². The maximum Gasteiger partial charge on any atom is 0.422 e. The fourth-order valence-electron chi connectivity index (χ4n) is 2.32. The fraction of sp³-hybridized carbons (Fsp3) is 0.278. The Labute approximate surface area is 187 Å². The third-order valence-corrected chi connectivity index (χ3v) is 3.79. The summed E-state index contributed by atoms with van der Waals surface area (Å²) in [5, 5.41) is 15.9. The summed E-state index contributed by atoms with van der Waals surface area (Å²) in [6.45, 7) is -3.37. The molecule has 0 saturated heterocycles. The van der Waals surface area contributed by atoms with Crippen LogP contribution in [0, 0.1) is 10.1 Å². The maximum absolute atomic E-state index is 12.4. The van der Waals surface area contributed by atoms with Gasteiger partial charge in [0.25, 0.3) is 5.69 Å². The average molecular weight is 499 g/mol. The van der Waals surface area contributed by atoms with Gasteiger partial charge < -0.3 is 24.8 Å². The minimum absolute atomic E-state index is 0.0507. The van der Waals surface area contributed by atoms with Gasteiger partial charge in [-0.05, 0) is 18.3 Å². The molecule has 2 N–H and O–H groups in total. The zero-order valence-electron chi connectivity index (χ0n) is 16.5. The van der Waals surface area contributed by atoms with Crippen LogP contribution in [0.1, 0.15) is 0 Å². The molecule has 0 heterocycles. The Morgan fingerprint density at radius 1 is 0.970 bits per heavy atom. The van der Waals surface area contributed by atoms with Crippen molar-refractivity contribution in [3.63, 3.8) is 0 Å². The van der Waals surface area contributed by atoms with Crippen LogP contribution in [0.15, 0.2) is 36.4 Å². The summed E-state index contributed by atoms with van der Waals surface area (Å²) in [5.74, 6) is -0.791. The first-order chi connectivity index (χ1) is 15.3. The number of anilines is 2. The topological polar surface area (TPSA) is 94.9 Å². The Bertz CT molecular complexity index is 980. The summed E-state index contributed by atoms with van der Waals surface area (Å²) in [5.41, 5.74) is -0.0962. The summed E-state index contributed by atoms with van der Waals surface area (Å²) < 4.78 is 88.9. The van der Waals surface area contributed by atoms with Gasteiger partial charge in [0.2, 0.25) is 0 Å². The van der Waals surface area contributed by atoms with Gasteiger partial charge in [-0.2, -0.15) is 26.3 Å². The smallest absolute Gasteiger partial charge is 0.422 e. The molecule has 8 nitrogen and oxygen atoms in total. The van der Waals surface area contributed by atoms with E-state index in [1.807, 2.05) is 0 Å². The lowest BCUT2D eigenvalue weighted by molar-refractivity contribution is -0.384. The van der Waals surface area contributed by atoms with Crippen LogP contribution in [0.5, 0.6) is 17.2 Å². The fourth-order valence-corrected chi connectivity index (χ4v) is 2.55. The molecule has 0 fully saturated rings. The van der Waals surface area contributed by atoms with Gasteiger partial charge in [0.15, 0.2) is 18.3 Å². The first-order valence-corrected chi connectivity index (χ1v) is 9.11. The SMILES string of the molecule is COc1cc([N+](=O)[O-])ccc1NC(=S)Nc1cc(OCC(F)(F)F)cc(OCC(F)(F)F)c1. The molecule has 0 aliphatic heterocycles. The van der Waals surface area contributed by atoms with Crippen LogP contribution in [0.3, 0.4) is 0 Å². The second kappa shape index (κ2) is 10.4. The molecule has 0 bridgehead atoms. The van der Waals surface area contributed by atoms with Crippen molar-refractivity contribution >= 4 is 34.4 Å². The quantitative estimate of drug-likeness (QED) is 0.219. The van der Waals surface area contributed by atoms with E-state index in [1.165, 1.54) is 19.2 Å². The van der Waals surface area contributed by atoms with Gasteiger partial charge in [-0.1, -0.05) is 0 Å². The van der Waals surface area contributed by atoms with E-state index in [1.54, 1.807) is 0 Å². The Kier molecular flexibility index (Phi) is 8.13. The summed E-state index contributed by atoms with van der Waals surface area (Å²) >= 11 is 5.09. The van der Waals surface area contributed by atoms with Gasteiger partial charge in [0, 0.05) is 30.0 Å². The number of methoxy groups -OCH3 is 1. The number of non-ortho nitro benzene ring substituents is 1. The molecule has 2 aromatic carbocycles. The van der Waals surface area contributed by atoms with Crippen molar-refractivity contribution < 1.29 is 45.5 Å². The summed E-state index contributed by atoms with van der Waals surface area (Å²) in [6.07, 6.45) is -9.36. The molecule has 0 saturated carbocycles. The molecule has 0 unspecified atom stereocenters. The van der Waals surface area contributed by atoms with Gasteiger partial charge in [0.1, 0.15) is 17.2 Å². The number of rotatable bonds is 8. The van der Waals surface area contributed by atoms with Crippen molar-refractivity contribution in [2.45, 2.75) is 12.4 Å². The Balaban J connectivity index is 2.21. The molecule has 0 aliphatic carbocycles. The van der Waals surface area contributed by atoms with E-state index in [4.69, 9.17) is 17.0 Å². The first kappa shape index (κ1) is 25.8. The number of hydrogen-bond acceptors (Lipinski definition) is 6. The Morgan fingerprint density at radius 3 is 1.97 bits per heavy atom. The van der Waals surface area contributed by atoms with Crippen LogP contribution in [-0.2, 0) is 0 Å². The molecule has 2 rings (SSSR count). The number of nitro benzene ring substituents is 1. The van der Waals surface area contributed by atoms with Crippen molar-refractivity contribution in [3.8, 4) is 17.2 Å². The molecule has 15 heteroatoms. The molecule has 0 amide bonds. The zero-order valence-corrected chi connectivity index (χ0v) is 17.4. The number of alkyl halides is 6. The van der Waals surface area contributed by atoms with E-state index in [0.29, 0.717) is 0 Å². The number of hydrogen-bond donors (Lipinski definition) is 2. The van der Waals surface area contributed by atoms with Gasteiger partial charge in [0.05, 0.1) is 23.8 Å². The van der Waals surface area contributed by atoms with Crippen molar-refractivity contribution in [1.29, 1.82) is 0 Å². The zero-order chi connectivity index (χ0) is 24.8. The standard InChI is InChI=1S/C18H15F6N3O5S/c1-30-15-6-11(27(28)29)2-3-14(15)26-16(33)25-10-4-12(31-8-17(19,20)21)7-13(5-10)32-9-18(22,23)24/h2-7H,8-9H2,1H3,(H2,25,26,33). The summed E-state index contributed by atoms with van der Waals surface area (Å²) in [7, 11) is 1.26. The predicted molar refractivity (Wildman–Crippen MR) is 109 cm³/mol. The number of benzene rings is 2. The van der Waals surface area contributed by atoms with Gasteiger partial charge in [-0.3, -0.25) is 10.1 Å². The van der Waals surface area contributed by atoms with E-state index >= 15 is 0 Å².